The van der Waals surface area contributed by atoms with Gasteiger partial charge in [0.15, 0.2) is 0 Å². The number of rotatable bonds is 4. The maximum atomic E-state index is 13.0. The number of allylic oxidation sites excluding steroid dienone is 2. The van der Waals surface area contributed by atoms with E-state index in [0.717, 1.165) is 23.5 Å². The minimum atomic E-state index is -0.366. The molecule has 2 aliphatic heterocycles. The normalized spacial score (nSPS) is 18.5. The number of aromatic nitrogens is 1. The van der Waals surface area contributed by atoms with Crippen LogP contribution in [-0.4, -0.2) is 23.6 Å². The Labute approximate surface area is 149 Å². The molecule has 0 radical (unpaired) electrons. The topological polar surface area (TPSA) is 46.8 Å². The van der Waals surface area contributed by atoms with E-state index in [2.05, 4.69) is 15.0 Å². The first-order valence-corrected chi connectivity index (χ1v) is 8.21. The molecule has 4 nitrogen and oxygen atoms in total. The van der Waals surface area contributed by atoms with Crippen LogP contribution in [0.4, 0.5) is 8.78 Å². The van der Waals surface area contributed by atoms with Crippen LogP contribution in [0.2, 0.25) is 0 Å². The van der Waals surface area contributed by atoms with E-state index in [0.29, 0.717) is 18.1 Å². The van der Waals surface area contributed by atoms with Gasteiger partial charge in [0.25, 0.3) is 0 Å². The van der Waals surface area contributed by atoms with E-state index in [4.69, 9.17) is 4.74 Å². The smallest absolute Gasteiger partial charge is 0.141 e. The van der Waals surface area contributed by atoms with Crippen LogP contribution in [0.1, 0.15) is 12.1 Å². The molecule has 1 aromatic carbocycles. The second-order valence-electron chi connectivity index (χ2n) is 5.99. The van der Waals surface area contributed by atoms with Crippen molar-refractivity contribution in [2.24, 2.45) is 15.9 Å². The Bertz CT molecular complexity index is 929. The largest absolute Gasteiger partial charge is 0.487 e. The molecule has 130 valence electrons. The van der Waals surface area contributed by atoms with Crippen LogP contribution >= 0.6 is 0 Å². The van der Waals surface area contributed by atoms with E-state index in [1.807, 2.05) is 12.2 Å². The predicted octanol–water partition coefficient (Wildman–Crippen LogP) is 4.21. The molecule has 0 unspecified atom stereocenters. The predicted molar refractivity (Wildman–Crippen MR) is 96.2 cm³/mol. The number of aliphatic imine (C=N–C) groups is 2. The first-order chi connectivity index (χ1) is 12.7. The fourth-order valence-electron chi connectivity index (χ4n) is 2.80. The lowest BCUT2D eigenvalue weighted by Crippen LogP contribution is -2.03. The Hall–Kier alpha value is -3.15. The average molecular weight is 351 g/mol. The molecule has 0 saturated heterocycles. The van der Waals surface area contributed by atoms with E-state index >= 15 is 0 Å². The van der Waals surface area contributed by atoms with Gasteiger partial charge in [0, 0.05) is 17.7 Å². The maximum absolute atomic E-state index is 13.0. The highest BCUT2D eigenvalue weighted by molar-refractivity contribution is 6.14. The van der Waals surface area contributed by atoms with Crippen LogP contribution in [0.15, 0.2) is 70.4 Å². The number of benzene rings is 1. The van der Waals surface area contributed by atoms with Gasteiger partial charge in [0.2, 0.25) is 0 Å². The van der Waals surface area contributed by atoms with Gasteiger partial charge in [0.1, 0.15) is 29.8 Å². The minimum Gasteiger partial charge on any atom is -0.487 e. The number of amidine groups is 1. The van der Waals surface area contributed by atoms with Gasteiger partial charge in [-0.05, 0) is 48.9 Å². The van der Waals surface area contributed by atoms with Crippen LogP contribution in [0.5, 0.6) is 5.75 Å². The zero-order chi connectivity index (χ0) is 17.9. The molecular formula is C20H15F2N3O. The summed E-state index contributed by atoms with van der Waals surface area (Å²) in [6.45, 7) is 0.303. The van der Waals surface area contributed by atoms with E-state index < -0.39 is 0 Å². The Morgan fingerprint density at radius 1 is 1.04 bits per heavy atom. The van der Waals surface area contributed by atoms with Crippen molar-refractivity contribution in [3.63, 3.8) is 0 Å². The number of ether oxygens (including phenoxy) is 1. The molecule has 4 rings (SSSR count). The maximum Gasteiger partial charge on any atom is 0.141 e. The molecule has 26 heavy (non-hydrogen) atoms. The van der Waals surface area contributed by atoms with E-state index in [-0.39, 0.29) is 17.6 Å². The fourth-order valence-corrected chi connectivity index (χ4v) is 2.80. The summed E-state index contributed by atoms with van der Waals surface area (Å²) in [6, 6.07) is 8.89. The van der Waals surface area contributed by atoms with Crippen molar-refractivity contribution in [2.45, 2.75) is 6.42 Å². The van der Waals surface area contributed by atoms with Crippen LogP contribution in [0.25, 0.3) is 5.57 Å². The first kappa shape index (κ1) is 16.3. The van der Waals surface area contributed by atoms with Crippen molar-refractivity contribution in [1.29, 1.82) is 0 Å². The molecule has 0 bridgehead atoms. The summed E-state index contributed by atoms with van der Waals surface area (Å²) < 4.78 is 31.5. The minimum absolute atomic E-state index is 0.0796. The standard InChI is InChI=1S/C20H15F2N3O/c21-15-3-6-18(7-4-15)26-12-17-9-13-1-2-14(10-24-20(13)25-17)19-8-5-16(22)11-23-19/h2-11,13H,1,12H2/t13-/m1/s1. The number of pyridine rings is 1. The summed E-state index contributed by atoms with van der Waals surface area (Å²) in [5, 5.41) is 0. The molecule has 2 aliphatic rings. The van der Waals surface area contributed by atoms with Gasteiger partial charge in [-0.15, -0.1) is 0 Å². The van der Waals surface area contributed by atoms with Crippen molar-refractivity contribution in [3.05, 3.63) is 77.8 Å². The van der Waals surface area contributed by atoms with Gasteiger partial charge in [-0.1, -0.05) is 6.08 Å². The van der Waals surface area contributed by atoms with Crippen molar-refractivity contribution in [1.82, 2.24) is 4.98 Å². The molecule has 2 aromatic rings. The number of hydrogen-bond donors (Lipinski definition) is 0. The summed E-state index contributed by atoms with van der Waals surface area (Å²) in [7, 11) is 0. The lowest BCUT2D eigenvalue weighted by molar-refractivity contribution is 0.350. The Morgan fingerprint density at radius 3 is 2.62 bits per heavy atom. The van der Waals surface area contributed by atoms with E-state index in [1.54, 1.807) is 24.4 Å². The number of nitrogens with zero attached hydrogens (tertiary/aromatic N) is 3. The molecule has 3 heterocycles. The summed E-state index contributed by atoms with van der Waals surface area (Å²) >= 11 is 0. The molecular weight excluding hydrogens is 336 g/mol. The molecule has 0 N–H and O–H groups in total. The SMILES string of the molecule is Fc1ccc(OCC2=C[C@H]3CC=C(c4ccc(F)cn4)C=NC3=N2)cc1. The van der Waals surface area contributed by atoms with Gasteiger partial charge in [-0.3, -0.25) is 4.98 Å². The van der Waals surface area contributed by atoms with Crippen LogP contribution < -0.4 is 4.74 Å². The van der Waals surface area contributed by atoms with Gasteiger partial charge >= 0.3 is 0 Å². The monoisotopic (exact) mass is 351 g/mol. The fraction of sp³-hybridized carbons (Fsp3) is 0.150. The second kappa shape index (κ2) is 7.00. The molecule has 0 spiro atoms. The van der Waals surface area contributed by atoms with E-state index in [9.17, 15) is 8.78 Å². The Kier molecular flexibility index (Phi) is 4.39. The van der Waals surface area contributed by atoms with Gasteiger partial charge < -0.3 is 4.74 Å². The number of halogens is 2. The third kappa shape index (κ3) is 3.59. The molecule has 1 atom stereocenters. The van der Waals surface area contributed by atoms with E-state index in [1.165, 1.54) is 24.4 Å². The summed E-state index contributed by atoms with van der Waals surface area (Å²) in [4.78, 5) is 13.0. The summed E-state index contributed by atoms with van der Waals surface area (Å²) in [6.07, 6.45) is 7.67. The Balaban J connectivity index is 1.43. The van der Waals surface area contributed by atoms with Gasteiger partial charge in [-0.2, -0.15) is 0 Å². The third-order valence-corrected chi connectivity index (χ3v) is 4.13. The quantitative estimate of drug-likeness (QED) is 0.828. The average Bonchev–Trinajstić information content (AvgIpc) is 2.94. The first-order valence-electron chi connectivity index (χ1n) is 8.21. The lowest BCUT2D eigenvalue weighted by atomic mass is 10.0. The van der Waals surface area contributed by atoms with Crippen LogP contribution in [0.3, 0.4) is 0 Å². The number of fused-ring (bicyclic) bond motifs is 1. The highest BCUT2D eigenvalue weighted by Crippen LogP contribution is 2.26. The summed E-state index contributed by atoms with van der Waals surface area (Å²) in [5.41, 5.74) is 2.32. The molecule has 6 heteroatoms. The lowest BCUT2D eigenvalue weighted by Gasteiger charge is -2.04. The van der Waals surface area contributed by atoms with Gasteiger partial charge in [-0.25, -0.2) is 18.8 Å². The molecule has 1 aromatic heterocycles. The molecule has 0 saturated carbocycles. The number of hydrogen-bond acceptors (Lipinski definition) is 4. The summed E-state index contributed by atoms with van der Waals surface area (Å²) in [5.74, 6) is 0.724. The second-order valence-corrected chi connectivity index (χ2v) is 5.99. The molecule has 0 fully saturated rings. The Morgan fingerprint density at radius 2 is 1.85 bits per heavy atom. The third-order valence-electron chi connectivity index (χ3n) is 4.13. The van der Waals surface area contributed by atoms with Crippen molar-refractivity contribution >= 4 is 17.6 Å². The van der Waals surface area contributed by atoms with Gasteiger partial charge in [0.05, 0.1) is 17.6 Å². The van der Waals surface area contributed by atoms with Crippen molar-refractivity contribution in [2.75, 3.05) is 6.61 Å². The van der Waals surface area contributed by atoms with Crippen LogP contribution in [-0.2, 0) is 0 Å². The van der Waals surface area contributed by atoms with Crippen molar-refractivity contribution in [3.8, 4) is 5.75 Å². The highest BCUT2D eigenvalue weighted by Gasteiger charge is 2.22. The molecule has 0 amide bonds. The zero-order valence-corrected chi connectivity index (χ0v) is 13.8. The van der Waals surface area contributed by atoms with Crippen molar-refractivity contribution < 1.29 is 13.5 Å². The zero-order valence-electron chi connectivity index (χ0n) is 13.8. The molecule has 0 aliphatic carbocycles. The highest BCUT2D eigenvalue weighted by atomic mass is 19.1. The van der Waals surface area contributed by atoms with Crippen LogP contribution in [0, 0.1) is 17.6 Å².